The van der Waals surface area contributed by atoms with Crippen molar-refractivity contribution in [1.82, 2.24) is 0 Å². The van der Waals surface area contributed by atoms with E-state index < -0.39 is 6.18 Å². The molecule has 1 rings (SSSR count). The monoisotopic (exact) mass is 220 g/mol. The van der Waals surface area contributed by atoms with Gasteiger partial charge in [-0.2, -0.15) is 13.2 Å². The largest absolute Gasteiger partial charge is 0.507 e. The molecule has 0 atom stereocenters. The van der Waals surface area contributed by atoms with Crippen molar-refractivity contribution >= 4 is 11.6 Å². The second-order valence-corrected chi connectivity index (χ2v) is 2.85. The number of alkyl halides is 3. The van der Waals surface area contributed by atoms with Gasteiger partial charge in [0.1, 0.15) is 5.75 Å². The van der Waals surface area contributed by atoms with Crippen LogP contribution in [0.3, 0.4) is 0 Å². The van der Waals surface area contributed by atoms with Crippen molar-refractivity contribution in [2.75, 3.05) is 0 Å². The van der Waals surface area contributed by atoms with Gasteiger partial charge in [-0.3, -0.25) is 0 Å². The summed E-state index contributed by atoms with van der Waals surface area (Å²) in [5, 5.41) is 9.32. The van der Waals surface area contributed by atoms with Crippen LogP contribution < -0.4 is 0 Å². The molecule has 74 valence electrons. The second kappa shape index (κ2) is 3.81. The topological polar surface area (TPSA) is 20.2 Å². The average Bonchev–Trinajstić information content (AvgIpc) is 2.05. The predicted molar refractivity (Wildman–Crippen MR) is 46.0 cm³/mol. The molecular weight excluding hydrogens is 217 g/mol. The highest BCUT2D eigenvalue weighted by Gasteiger charge is 2.23. The lowest BCUT2D eigenvalue weighted by molar-refractivity contribution is -0.0696. The van der Waals surface area contributed by atoms with Gasteiger partial charge < -0.3 is 5.11 Å². The molecule has 0 heterocycles. The van der Waals surface area contributed by atoms with Gasteiger partial charge in [0.25, 0.3) is 0 Å². The standard InChI is InChI=1S/C9H4ClF3O/c10-7-1-2-8(14)6(5-7)3-4-9(11,12)13/h1-2,5,14H. The molecule has 14 heavy (non-hydrogen) atoms. The molecule has 0 aliphatic rings. The summed E-state index contributed by atoms with van der Waals surface area (Å²) in [5.74, 6) is 2.49. The Morgan fingerprint density at radius 1 is 1.29 bits per heavy atom. The summed E-state index contributed by atoms with van der Waals surface area (Å²) in [6.07, 6.45) is -4.57. The third-order valence-corrected chi connectivity index (χ3v) is 1.53. The van der Waals surface area contributed by atoms with Crippen LogP contribution in [0.2, 0.25) is 5.02 Å². The maximum atomic E-state index is 11.7. The summed E-state index contributed by atoms with van der Waals surface area (Å²) in [7, 11) is 0. The molecule has 1 nitrogen and oxygen atoms in total. The summed E-state index contributed by atoms with van der Waals surface area (Å²) in [6, 6.07) is 3.70. The zero-order valence-corrected chi connectivity index (χ0v) is 7.45. The maximum Gasteiger partial charge on any atom is 0.458 e. The van der Waals surface area contributed by atoms with Crippen LogP contribution in [0.25, 0.3) is 0 Å². The van der Waals surface area contributed by atoms with Crippen molar-refractivity contribution in [1.29, 1.82) is 0 Å². The van der Waals surface area contributed by atoms with E-state index in [0.717, 1.165) is 12.0 Å². The molecule has 0 unspecified atom stereocenters. The Morgan fingerprint density at radius 2 is 1.93 bits per heavy atom. The number of rotatable bonds is 0. The highest BCUT2D eigenvalue weighted by molar-refractivity contribution is 6.30. The molecule has 0 fully saturated rings. The van der Waals surface area contributed by atoms with E-state index in [-0.39, 0.29) is 16.3 Å². The van der Waals surface area contributed by atoms with E-state index in [4.69, 9.17) is 16.7 Å². The number of halogens is 4. The summed E-state index contributed by atoms with van der Waals surface area (Å²) >= 11 is 5.51. The highest BCUT2D eigenvalue weighted by atomic mass is 35.5. The van der Waals surface area contributed by atoms with Crippen LogP contribution in [0.4, 0.5) is 13.2 Å². The molecule has 1 aromatic rings. The molecule has 0 spiro atoms. The average molecular weight is 221 g/mol. The Morgan fingerprint density at radius 3 is 2.50 bits per heavy atom. The first-order chi connectivity index (χ1) is 6.38. The second-order valence-electron chi connectivity index (χ2n) is 2.41. The molecule has 0 aromatic heterocycles. The Bertz CT molecular complexity index is 401. The van der Waals surface area contributed by atoms with Gasteiger partial charge in [0, 0.05) is 10.9 Å². The zero-order valence-electron chi connectivity index (χ0n) is 6.69. The van der Waals surface area contributed by atoms with Crippen LogP contribution in [-0.2, 0) is 0 Å². The van der Waals surface area contributed by atoms with E-state index in [1.165, 1.54) is 12.1 Å². The first-order valence-corrected chi connectivity index (χ1v) is 3.85. The van der Waals surface area contributed by atoms with Gasteiger partial charge in [-0.25, -0.2) is 0 Å². The quantitative estimate of drug-likeness (QED) is 0.667. The van der Waals surface area contributed by atoms with E-state index in [0.29, 0.717) is 0 Å². The summed E-state index contributed by atoms with van der Waals surface area (Å²) < 4.78 is 35.1. The van der Waals surface area contributed by atoms with Crippen molar-refractivity contribution in [3.05, 3.63) is 28.8 Å². The Hall–Kier alpha value is -1.34. The minimum absolute atomic E-state index is 0.144. The number of phenolic OH excluding ortho intramolecular Hbond substituents is 1. The Kier molecular flexibility index (Phi) is 2.92. The molecule has 0 saturated carbocycles. The zero-order chi connectivity index (χ0) is 10.8. The van der Waals surface area contributed by atoms with Gasteiger partial charge in [-0.15, -0.1) is 0 Å². The van der Waals surface area contributed by atoms with E-state index >= 15 is 0 Å². The third-order valence-electron chi connectivity index (χ3n) is 1.30. The summed E-state index contributed by atoms with van der Waals surface area (Å²) in [4.78, 5) is 0. The molecular formula is C9H4ClF3O. The lowest BCUT2D eigenvalue weighted by Crippen LogP contribution is -2.01. The molecule has 0 radical (unpaired) electrons. The predicted octanol–water partition coefficient (Wildman–Crippen LogP) is 2.96. The van der Waals surface area contributed by atoms with E-state index in [1.54, 1.807) is 5.92 Å². The number of phenols is 1. The molecule has 1 N–H and O–H groups in total. The highest BCUT2D eigenvalue weighted by Crippen LogP contribution is 2.21. The number of hydrogen-bond acceptors (Lipinski definition) is 1. The normalized spacial score (nSPS) is 10.6. The fourth-order valence-corrected chi connectivity index (χ4v) is 0.919. The fraction of sp³-hybridized carbons (Fsp3) is 0.111. The van der Waals surface area contributed by atoms with Gasteiger partial charge in [-0.1, -0.05) is 17.5 Å². The van der Waals surface area contributed by atoms with Crippen LogP contribution in [-0.4, -0.2) is 11.3 Å². The molecule has 0 amide bonds. The number of aromatic hydroxyl groups is 1. The van der Waals surface area contributed by atoms with E-state index in [1.807, 2.05) is 0 Å². The third kappa shape index (κ3) is 3.19. The molecule has 0 saturated heterocycles. The van der Waals surface area contributed by atoms with E-state index in [2.05, 4.69) is 0 Å². The summed E-state index contributed by atoms with van der Waals surface area (Å²) in [5.41, 5.74) is -0.144. The van der Waals surface area contributed by atoms with Gasteiger partial charge >= 0.3 is 6.18 Å². The van der Waals surface area contributed by atoms with Crippen molar-refractivity contribution in [3.8, 4) is 17.6 Å². The minimum Gasteiger partial charge on any atom is -0.507 e. The lowest BCUT2D eigenvalue weighted by atomic mass is 10.2. The first-order valence-electron chi connectivity index (χ1n) is 3.47. The fourth-order valence-electron chi connectivity index (χ4n) is 0.747. The SMILES string of the molecule is Oc1ccc(Cl)cc1C#CC(F)(F)F. The molecule has 5 heteroatoms. The van der Waals surface area contributed by atoms with Crippen molar-refractivity contribution in [3.63, 3.8) is 0 Å². The lowest BCUT2D eigenvalue weighted by Gasteiger charge is -1.97. The van der Waals surface area contributed by atoms with Gasteiger partial charge in [-0.05, 0) is 18.2 Å². The Labute approximate surface area is 83.1 Å². The molecule has 1 aromatic carbocycles. The minimum atomic E-state index is -4.57. The van der Waals surface area contributed by atoms with Gasteiger partial charge in [0.15, 0.2) is 0 Å². The molecule has 0 aliphatic heterocycles. The Balaban J connectivity index is 3.06. The first kappa shape index (κ1) is 10.7. The van der Waals surface area contributed by atoms with Gasteiger partial charge in [0.05, 0.1) is 5.56 Å². The van der Waals surface area contributed by atoms with Crippen LogP contribution in [0, 0.1) is 11.8 Å². The smallest absolute Gasteiger partial charge is 0.458 e. The molecule has 0 aliphatic carbocycles. The number of benzene rings is 1. The van der Waals surface area contributed by atoms with Crippen molar-refractivity contribution < 1.29 is 18.3 Å². The molecule has 0 bridgehead atoms. The maximum absolute atomic E-state index is 11.7. The van der Waals surface area contributed by atoms with E-state index in [9.17, 15) is 13.2 Å². The van der Waals surface area contributed by atoms with Crippen LogP contribution in [0.1, 0.15) is 5.56 Å². The van der Waals surface area contributed by atoms with Crippen LogP contribution in [0.5, 0.6) is 5.75 Å². The number of hydrogen-bond donors (Lipinski definition) is 1. The summed E-state index contributed by atoms with van der Waals surface area (Å²) in [6.45, 7) is 0. The van der Waals surface area contributed by atoms with Crippen LogP contribution in [0.15, 0.2) is 18.2 Å². The van der Waals surface area contributed by atoms with Crippen LogP contribution >= 0.6 is 11.6 Å². The van der Waals surface area contributed by atoms with Gasteiger partial charge in [0.2, 0.25) is 0 Å². The van der Waals surface area contributed by atoms with Crippen molar-refractivity contribution in [2.45, 2.75) is 6.18 Å². The van der Waals surface area contributed by atoms with Crippen molar-refractivity contribution in [2.24, 2.45) is 0 Å².